The first-order valence-electron chi connectivity index (χ1n) is 10.8. The Morgan fingerprint density at radius 1 is 1.00 bits per heavy atom. The van der Waals surface area contributed by atoms with E-state index in [1.54, 1.807) is 18.3 Å². The molecule has 0 spiro atoms. The first-order valence-corrected chi connectivity index (χ1v) is 10.8. The fourth-order valence-corrected chi connectivity index (χ4v) is 3.78. The molecule has 0 bridgehead atoms. The minimum absolute atomic E-state index is 0.0833. The van der Waals surface area contributed by atoms with Gasteiger partial charge in [0.2, 0.25) is 5.91 Å². The van der Waals surface area contributed by atoms with Crippen LogP contribution in [0.5, 0.6) is 0 Å². The van der Waals surface area contributed by atoms with E-state index in [1.807, 2.05) is 62.6 Å². The van der Waals surface area contributed by atoms with Crippen molar-refractivity contribution in [3.8, 4) is 22.4 Å². The normalized spacial score (nSPS) is 11.1. The van der Waals surface area contributed by atoms with Gasteiger partial charge in [-0.1, -0.05) is 24.3 Å². The summed E-state index contributed by atoms with van der Waals surface area (Å²) in [6, 6.07) is 18.7. The maximum Gasteiger partial charge on any atom is 0.251 e. The standard InChI is InChI=1S/C26H27N5O2/c1-31(2)14-4-12-29-26(33)20-6-3-5-19(15-20)23-16-22-21(11-13-28-25(22)30-23)17-7-9-18(10-8-17)24(27)32/h3,5-11,13,15-16H,4,12,14H2,1-2H3,(H2,27,32)(H,28,30)(H,29,33). The summed E-state index contributed by atoms with van der Waals surface area (Å²) in [4.78, 5) is 33.9. The smallest absolute Gasteiger partial charge is 0.251 e. The van der Waals surface area contributed by atoms with E-state index in [4.69, 9.17) is 5.73 Å². The van der Waals surface area contributed by atoms with Crippen LogP contribution in [0.25, 0.3) is 33.4 Å². The highest BCUT2D eigenvalue weighted by Crippen LogP contribution is 2.31. The molecule has 2 heterocycles. The highest BCUT2D eigenvalue weighted by atomic mass is 16.2. The van der Waals surface area contributed by atoms with Crippen molar-refractivity contribution in [2.24, 2.45) is 5.73 Å². The van der Waals surface area contributed by atoms with Crippen molar-refractivity contribution in [3.05, 3.63) is 78.0 Å². The van der Waals surface area contributed by atoms with Crippen LogP contribution in [0.1, 0.15) is 27.1 Å². The number of rotatable bonds is 8. The first kappa shape index (κ1) is 22.2. The topological polar surface area (TPSA) is 104 Å². The van der Waals surface area contributed by atoms with Crippen molar-refractivity contribution in [2.75, 3.05) is 27.2 Å². The Morgan fingerprint density at radius 2 is 1.79 bits per heavy atom. The third-order valence-corrected chi connectivity index (χ3v) is 5.52. The lowest BCUT2D eigenvalue weighted by Crippen LogP contribution is -2.27. The number of nitrogens with one attached hydrogen (secondary N) is 2. The molecule has 0 aliphatic rings. The molecule has 0 saturated heterocycles. The van der Waals surface area contributed by atoms with Gasteiger partial charge in [0.1, 0.15) is 5.65 Å². The maximum absolute atomic E-state index is 12.6. The number of fused-ring (bicyclic) bond motifs is 1. The zero-order valence-corrected chi connectivity index (χ0v) is 18.8. The number of amides is 2. The molecule has 2 aromatic heterocycles. The Balaban J connectivity index is 1.59. The lowest BCUT2D eigenvalue weighted by atomic mass is 10.0. The van der Waals surface area contributed by atoms with Crippen LogP contribution >= 0.6 is 0 Å². The van der Waals surface area contributed by atoms with Gasteiger partial charge in [0, 0.05) is 34.9 Å². The third-order valence-electron chi connectivity index (χ3n) is 5.52. The number of primary amides is 1. The molecular weight excluding hydrogens is 414 g/mol. The van der Waals surface area contributed by atoms with Gasteiger partial charge in [-0.3, -0.25) is 9.59 Å². The summed E-state index contributed by atoms with van der Waals surface area (Å²) in [5, 5.41) is 3.94. The monoisotopic (exact) mass is 441 g/mol. The summed E-state index contributed by atoms with van der Waals surface area (Å²) in [7, 11) is 4.03. The van der Waals surface area contributed by atoms with E-state index >= 15 is 0 Å². The fourth-order valence-electron chi connectivity index (χ4n) is 3.78. The van der Waals surface area contributed by atoms with Gasteiger partial charge in [-0.15, -0.1) is 0 Å². The number of benzene rings is 2. The SMILES string of the molecule is CN(C)CCCNC(=O)c1cccc(-c2cc3c(-c4ccc(C(N)=O)cc4)ccnc3[nH]2)c1. The van der Waals surface area contributed by atoms with Gasteiger partial charge in [-0.2, -0.15) is 0 Å². The molecule has 0 aliphatic carbocycles. The van der Waals surface area contributed by atoms with Gasteiger partial charge < -0.3 is 20.9 Å². The lowest BCUT2D eigenvalue weighted by Gasteiger charge is -2.10. The molecule has 0 aliphatic heterocycles. The molecule has 0 atom stereocenters. The van der Waals surface area contributed by atoms with Crippen LogP contribution in [0.2, 0.25) is 0 Å². The van der Waals surface area contributed by atoms with E-state index in [-0.39, 0.29) is 5.91 Å². The third kappa shape index (κ3) is 5.10. The number of hydrogen-bond acceptors (Lipinski definition) is 4. The molecule has 7 nitrogen and oxygen atoms in total. The summed E-state index contributed by atoms with van der Waals surface area (Å²) in [5.41, 5.74) is 10.9. The lowest BCUT2D eigenvalue weighted by molar-refractivity contribution is 0.0951. The molecule has 4 N–H and O–H groups in total. The zero-order chi connectivity index (χ0) is 23.4. The quantitative estimate of drug-likeness (QED) is 0.363. The van der Waals surface area contributed by atoms with Crippen LogP contribution in [0.15, 0.2) is 66.9 Å². The van der Waals surface area contributed by atoms with E-state index in [1.165, 1.54) is 0 Å². The highest BCUT2D eigenvalue weighted by molar-refractivity contribution is 5.99. The summed E-state index contributed by atoms with van der Waals surface area (Å²) < 4.78 is 0. The van der Waals surface area contributed by atoms with Gasteiger partial charge in [0.05, 0.1) is 0 Å². The van der Waals surface area contributed by atoms with E-state index in [0.717, 1.165) is 46.4 Å². The molecule has 0 fully saturated rings. The van der Waals surface area contributed by atoms with Crippen LogP contribution in [0, 0.1) is 0 Å². The molecule has 2 aromatic carbocycles. The van der Waals surface area contributed by atoms with Gasteiger partial charge in [-0.05, 0) is 80.1 Å². The van der Waals surface area contributed by atoms with Crippen LogP contribution in [-0.2, 0) is 0 Å². The fraction of sp³-hybridized carbons (Fsp3) is 0.192. The summed E-state index contributed by atoms with van der Waals surface area (Å²) in [6.45, 7) is 1.56. The number of carbonyl (C=O) groups excluding carboxylic acids is 2. The second kappa shape index (κ2) is 9.67. The van der Waals surface area contributed by atoms with Crippen molar-refractivity contribution < 1.29 is 9.59 Å². The molecule has 0 radical (unpaired) electrons. The number of aromatic nitrogens is 2. The average Bonchev–Trinajstić information content (AvgIpc) is 3.26. The molecule has 33 heavy (non-hydrogen) atoms. The second-order valence-electron chi connectivity index (χ2n) is 8.24. The van der Waals surface area contributed by atoms with E-state index in [9.17, 15) is 9.59 Å². The number of aromatic amines is 1. The predicted octanol–water partition coefficient (Wildman–Crippen LogP) is 3.68. The maximum atomic E-state index is 12.6. The molecule has 0 saturated carbocycles. The zero-order valence-electron chi connectivity index (χ0n) is 18.8. The van der Waals surface area contributed by atoms with Gasteiger partial charge in [0.15, 0.2) is 0 Å². The van der Waals surface area contributed by atoms with E-state index < -0.39 is 5.91 Å². The van der Waals surface area contributed by atoms with Crippen LogP contribution < -0.4 is 11.1 Å². The van der Waals surface area contributed by atoms with Gasteiger partial charge >= 0.3 is 0 Å². The summed E-state index contributed by atoms with van der Waals surface area (Å²) >= 11 is 0. The summed E-state index contributed by atoms with van der Waals surface area (Å²) in [6.07, 6.45) is 2.65. The van der Waals surface area contributed by atoms with Crippen molar-refractivity contribution in [3.63, 3.8) is 0 Å². The van der Waals surface area contributed by atoms with E-state index in [0.29, 0.717) is 17.7 Å². The van der Waals surface area contributed by atoms with Crippen molar-refractivity contribution in [1.82, 2.24) is 20.2 Å². The summed E-state index contributed by atoms with van der Waals surface area (Å²) in [5.74, 6) is -0.535. The van der Waals surface area contributed by atoms with Crippen LogP contribution in [0.3, 0.4) is 0 Å². The van der Waals surface area contributed by atoms with Gasteiger partial charge in [0.25, 0.3) is 5.91 Å². The van der Waals surface area contributed by atoms with Crippen LogP contribution in [0.4, 0.5) is 0 Å². The number of nitrogens with zero attached hydrogens (tertiary/aromatic N) is 2. The Hall–Kier alpha value is -3.97. The van der Waals surface area contributed by atoms with Crippen molar-refractivity contribution in [2.45, 2.75) is 6.42 Å². The molecular formula is C26H27N5O2. The number of carbonyl (C=O) groups is 2. The first-order chi connectivity index (χ1) is 15.9. The molecule has 2 amide bonds. The number of pyridine rings is 1. The Bertz CT molecular complexity index is 1290. The Morgan fingerprint density at radius 3 is 2.52 bits per heavy atom. The van der Waals surface area contributed by atoms with Crippen molar-refractivity contribution >= 4 is 22.8 Å². The minimum atomic E-state index is -0.452. The largest absolute Gasteiger partial charge is 0.366 e. The molecule has 4 aromatic rings. The van der Waals surface area contributed by atoms with Gasteiger partial charge in [-0.25, -0.2) is 4.98 Å². The minimum Gasteiger partial charge on any atom is -0.366 e. The molecule has 168 valence electrons. The molecule has 0 unspecified atom stereocenters. The second-order valence-corrected chi connectivity index (χ2v) is 8.24. The average molecular weight is 442 g/mol. The predicted molar refractivity (Wildman–Crippen MR) is 131 cm³/mol. The Kier molecular flexibility index (Phi) is 6.51. The number of hydrogen-bond donors (Lipinski definition) is 3. The molecule has 7 heteroatoms. The van der Waals surface area contributed by atoms with E-state index in [2.05, 4.69) is 20.2 Å². The highest BCUT2D eigenvalue weighted by Gasteiger charge is 2.12. The Labute approximate surface area is 192 Å². The molecule has 4 rings (SSSR count). The number of H-pyrrole nitrogens is 1. The number of nitrogens with two attached hydrogens (primary N) is 1. The van der Waals surface area contributed by atoms with Crippen molar-refractivity contribution in [1.29, 1.82) is 0 Å². The van der Waals surface area contributed by atoms with Crippen LogP contribution in [-0.4, -0.2) is 53.9 Å².